The summed E-state index contributed by atoms with van der Waals surface area (Å²) in [6.45, 7) is 4.43. The van der Waals surface area contributed by atoms with Gasteiger partial charge in [0.05, 0.1) is 18.2 Å². The molecule has 2 N–H and O–H groups in total. The fourth-order valence-corrected chi connectivity index (χ4v) is 2.07. The number of furan rings is 1. The van der Waals surface area contributed by atoms with Crippen LogP contribution in [-0.4, -0.2) is 17.3 Å². The molecule has 0 aliphatic heterocycles. The Morgan fingerprint density at radius 3 is 2.65 bits per heavy atom. The predicted octanol–water partition coefficient (Wildman–Crippen LogP) is 4.11. The summed E-state index contributed by atoms with van der Waals surface area (Å²) < 4.78 is 5.76. The minimum absolute atomic E-state index is 0.0562. The smallest absolute Gasteiger partial charge is 0.135 e. The van der Waals surface area contributed by atoms with E-state index in [2.05, 4.69) is 5.32 Å². The quantitative estimate of drug-likeness (QED) is 0.873. The van der Waals surface area contributed by atoms with Gasteiger partial charge in [-0.25, -0.2) is 0 Å². The fraction of sp³-hybridized carbons (Fsp3) is 0.333. The topological polar surface area (TPSA) is 45.4 Å². The molecule has 0 atom stereocenters. The van der Waals surface area contributed by atoms with Crippen molar-refractivity contribution in [3.05, 3.63) is 46.1 Å². The van der Waals surface area contributed by atoms with E-state index in [0.717, 1.165) is 11.3 Å². The standard InChI is InChI=1S/C15H17Cl2NO2/c1-15(2,9-19)18-8-11-4-6-14(20-11)12-7-10(16)3-5-13(12)17/h3-7,18-19H,8-9H2,1-2H3. The van der Waals surface area contributed by atoms with Gasteiger partial charge in [-0.3, -0.25) is 0 Å². The van der Waals surface area contributed by atoms with Gasteiger partial charge in [-0.2, -0.15) is 0 Å². The average Bonchev–Trinajstić information content (AvgIpc) is 2.88. The average molecular weight is 314 g/mol. The lowest BCUT2D eigenvalue weighted by Crippen LogP contribution is -2.41. The minimum atomic E-state index is -0.347. The second kappa shape index (κ2) is 6.19. The minimum Gasteiger partial charge on any atom is -0.460 e. The summed E-state index contributed by atoms with van der Waals surface area (Å²) in [7, 11) is 0. The van der Waals surface area contributed by atoms with Crippen molar-refractivity contribution in [2.75, 3.05) is 6.61 Å². The van der Waals surface area contributed by atoms with E-state index in [9.17, 15) is 5.11 Å². The molecule has 20 heavy (non-hydrogen) atoms. The highest BCUT2D eigenvalue weighted by Gasteiger charge is 2.16. The Balaban J connectivity index is 2.15. The lowest BCUT2D eigenvalue weighted by atomic mass is 10.1. The third kappa shape index (κ3) is 3.76. The Morgan fingerprint density at radius 1 is 1.20 bits per heavy atom. The Kier molecular flexibility index (Phi) is 4.76. The summed E-state index contributed by atoms with van der Waals surface area (Å²) in [6.07, 6.45) is 0. The van der Waals surface area contributed by atoms with Crippen LogP contribution in [0.15, 0.2) is 34.7 Å². The highest BCUT2D eigenvalue weighted by atomic mass is 35.5. The molecule has 0 aliphatic carbocycles. The first-order chi connectivity index (χ1) is 9.41. The number of halogens is 2. The number of benzene rings is 1. The second-order valence-corrected chi connectivity index (χ2v) is 6.13. The van der Waals surface area contributed by atoms with Crippen LogP contribution in [0.2, 0.25) is 10.0 Å². The van der Waals surface area contributed by atoms with E-state index in [4.69, 9.17) is 27.6 Å². The summed E-state index contributed by atoms with van der Waals surface area (Å²) in [5.74, 6) is 1.45. The summed E-state index contributed by atoms with van der Waals surface area (Å²) in [6, 6.07) is 9.00. The van der Waals surface area contributed by atoms with Gasteiger partial charge >= 0.3 is 0 Å². The lowest BCUT2D eigenvalue weighted by molar-refractivity contribution is 0.184. The van der Waals surface area contributed by atoms with Crippen molar-refractivity contribution >= 4 is 23.2 Å². The van der Waals surface area contributed by atoms with Crippen molar-refractivity contribution in [1.29, 1.82) is 0 Å². The molecule has 0 saturated heterocycles. The molecule has 1 heterocycles. The summed E-state index contributed by atoms with van der Waals surface area (Å²) in [4.78, 5) is 0. The predicted molar refractivity (Wildman–Crippen MR) is 82.2 cm³/mol. The first-order valence-electron chi connectivity index (χ1n) is 6.31. The molecule has 0 amide bonds. The zero-order valence-corrected chi connectivity index (χ0v) is 12.9. The monoisotopic (exact) mass is 313 g/mol. The molecule has 0 fully saturated rings. The molecule has 0 aliphatic rings. The summed E-state index contributed by atoms with van der Waals surface area (Å²) in [5, 5.41) is 13.6. The third-order valence-electron chi connectivity index (χ3n) is 2.99. The fourth-order valence-electron chi connectivity index (χ4n) is 1.69. The maximum Gasteiger partial charge on any atom is 0.135 e. The van der Waals surface area contributed by atoms with Crippen LogP contribution in [0.4, 0.5) is 0 Å². The molecule has 0 unspecified atom stereocenters. The van der Waals surface area contributed by atoms with E-state index in [1.807, 2.05) is 26.0 Å². The van der Waals surface area contributed by atoms with Crippen LogP contribution in [0.1, 0.15) is 19.6 Å². The zero-order chi connectivity index (χ0) is 14.8. The number of hydrogen-bond donors (Lipinski definition) is 2. The second-order valence-electron chi connectivity index (χ2n) is 5.29. The van der Waals surface area contributed by atoms with E-state index < -0.39 is 0 Å². The molecule has 0 spiro atoms. The normalized spacial score (nSPS) is 11.8. The maximum atomic E-state index is 9.20. The molecule has 108 valence electrons. The molecule has 0 saturated carbocycles. The van der Waals surface area contributed by atoms with Crippen LogP contribution < -0.4 is 5.32 Å². The summed E-state index contributed by atoms with van der Waals surface area (Å²) in [5.41, 5.74) is 0.424. The van der Waals surface area contributed by atoms with Gasteiger partial charge in [-0.1, -0.05) is 23.2 Å². The summed E-state index contributed by atoms with van der Waals surface area (Å²) >= 11 is 12.1. The largest absolute Gasteiger partial charge is 0.460 e. The van der Waals surface area contributed by atoms with Gasteiger partial charge < -0.3 is 14.8 Å². The highest BCUT2D eigenvalue weighted by Crippen LogP contribution is 2.31. The number of aliphatic hydroxyl groups excluding tert-OH is 1. The van der Waals surface area contributed by atoms with Crippen LogP contribution in [0.5, 0.6) is 0 Å². The van der Waals surface area contributed by atoms with E-state index in [1.165, 1.54) is 0 Å². The zero-order valence-electron chi connectivity index (χ0n) is 11.4. The maximum absolute atomic E-state index is 9.20. The van der Waals surface area contributed by atoms with Crippen LogP contribution in [-0.2, 0) is 6.54 Å². The van der Waals surface area contributed by atoms with Crippen molar-refractivity contribution < 1.29 is 9.52 Å². The number of aliphatic hydroxyl groups is 1. The van der Waals surface area contributed by atoms with Gasteiger partial charge in [-0.05, 0) is 44.2 Å². The van der Waals surface area contributed by atoms with Crippen LogP contribution in [0.3, 0.4) is 0 Å². The number of nitrogens with one attached hydrogen (secondary N) is 1. The lowest BCUT2D eigenvalue weighted by Gasteiger charge is -2.22. The van der Waals surface area contributed by atoms with Gasteiger partial charge in [0.15, 0.2) is 0 Å². The molecule has 2 rings (SSSR count). The van der Waals surface area contributed by atoms with Gasteiger partial charge in [0.2, 0.25) is 0 Å². The van der Waals surface area contributed by atoms with Gasteiger partial charge in [0.1, 0.15) is 11.5 Å². The molecule has 1 aromatic carbocycles. The van der Waals surface area contributed by atoms with Crippen molar-refractivity contribution in [3.63, 3.8) is 0 Å². The van der Waals surface area contributed by atoms with Crippen molar-refractivity contribution in [2.45, 2.75) is 25.9 Å². The van der Waals surface area contributed by atoms with Crippen molar-refractivity contribution in [3.8, 4) is 11.3 Å². The first-order valence-corrected chi connectivity index (χ1v) is 7.07. The molecule has 0 bridgehead atoms. The molecule has 3 nitrogen and oxygen atoms in total. The molecule has 5 heteroatoms. The van der Waals surface area contributed by atoms with E-state index in [-0.39, 0.29) is 12.1 Å². The van der Waals surface area contributed by atoms with Crippen molar-refractivity contribution in [2.24, 2.45) is 0 Å². The molecular weight excluding hydrogens is 297 g/mol. The van der Waals surface area contributed by atoms with Crippen molar-refractivity contribution in [1.82, 2.24) is 5.32 Å². The van der Waals surface area contributed by atoms with E-state index in [0.29, 0.717) is 22.4 Å². The Bertz CT molecular complexity index is 593. The highest BCUT2D eigenvalue weighted by molar-refractivity contribution is 6.35. The van der Waals surface area contributed by atoms with E-state index >= 15 is 0 Å². The third-order valence-corrected chi connectivity index (χ3v) is 3.56. The Hall–Kier alpha value is -1.00. The Morgan fingerprint density at radius 2 is 1.95 bits per heavy atom. The molecule has 0 radical (unpaired) electrons. The van der Waals surface area contributed by atoms with Crippen LogP contribution >= 0.6 is 23.2 Å². The SMILES string of the molecule is CC(C)(CO)NCc1ccc(-c2cc(Cl)ccc2Cl)o1. The van der Waals surface area contributed by atoms with Crippen LogP contribution in [0, 0.1) is 0 Å². The van der Waals surface area contributed by atoms with Gasteiger partial charge in [0.25, 0.3) is 0 Å². The molecular formula is C15H17Cl2NO2. The van der Waals surface area contributed by atoms with Gasteiger partial charge in [0, 0.05) is 16.1 Å². The first kappa shape index (κ1) is 15.4. The number of hydrogen-bond acceptors (Lipinski definition) is 3. The number of rotatable bonds is 5. The Labute approximate surface area is 128 Å². The van der Waals surface area contributed by atoms with Crippen LogP contribution in [0.25, 0.3) is 11.3 Å². The molecule has 1 aromatic heterocycles. The molecule has 2 aromatic rings. The van der Waals surface area contributed by atoms with E-state index in [1.54, 1.807) is 18.2 Å². The van der Waals surface area contributed by atoms with Gasteiger partial charge in [-0.15, -0.1) is 0 Å².